The molecule has 164 valence electrons. The fourth-order valence-corrected chi connectivity index (χ4v) is 3.88. The number of nitrogens with one attached hydrogen (secondary N) is 1. The quantitative estimate of drug-likeness (QED) is 0.362. The number of furan rings is 1. The van der Waals surface area contributed by atoms with Gasteiger partial charge in [0.1, 0.15) is 11.5 Å². The van der Waals surface area contributed by atoms with Gasteiger partial charge in [-0.15, -0.1) is 10.2 Å². The van der Waals surface area contributed by atoms with Crippen LogP contribution in [0.2, 0.25) is 0 Å². The number of aromatic nitrogens is 3. The van der Waals surface area contributed by atoms with Gasteiger partial charge in [0.2, 0.25) is 5.91 Å². The fraction of sp³-hybridized carbons (Fsp3) is 0.208. The number of carbonyl (C=O) groups excluding carboxylic acids is 1. The van der Waals surface area contributed by atoms with Crippen molar-refractivity contribution in [1.29, 1.82) is 0 Å². The van der Waals surface area contributed by atoms with Crippen LogP contribution in [0.5, 0.6) is 5.75 Å². The standard InChI is InChI=1S/C24H24N4O3S/c1-3-30-20-12-10-19(11-13-20)25-22(29)16-32-24-27-26-23(18-8-6-17(2)7-9-18)28(24)15-21-5-4-14-31-21/h4-14H,3,15-16H2,1-2H3,(H,25,29). The van der Waals surface area contributed by atoms with E-state index in [1.807, 2.05) is 79.1 Å². The Morgan fingerprint density at radius 2 is 1.88 bits per heavy atom. The molecule has 7 nitrogen and oxygen atoms in total. The molecular formula is C24H24N4O3S. The number of anilines is 1. The van der Waals surface area contributed by atoms with Crippen LogP contribution in [0, 0.1) is 6.92 Å². The van der Waals surface area contributed by atoms with Crippen LogP contribution in [-0.4, -0.2) is 33.0 Å². The number of ether oxygens (including phenoxy) is 1. The number of benzene rings is 2. The normalized spacial score (nSPS) is 10.8. The molecule has 8 heteroatoms. The molecule has 0 spiro atoms. The maximum atomic E-state index is 12.5. The molecule has 0 bridgehead atoms. The number of aryl methyl sites for hydroxylation is 1. The maximum Gasteiger partial charge on any atom is 0.234 e. The van der Waals surface area contributed by atoms with E-state index in [0.29, 0.717) is 18.3 Å². The van der Waals surface area contributed by atoms with E-state index >= 15 is 0 Å². The first-order chi connectivity index (χ1) is 15.6. The van der Waals surface area contributed by atoms with E-state index in [1.165, 1.54) is 17.3 Å². The third-order valence-corrected chi connectivity index (χ3v) is 5.67. The summed E-state index contributed by atoms with van der Waals surface area (Å²) in [5.41, 5.74) is 2.85. The van der Waals surface area contributed by atoms with Crippen molar-refractivity contribution in [3.63, 3.8) is 0 Å². The van der Waals surface area contributed by atoms with Gasteiger partial charge in [0.15, 0.2) is 11.0 Å². The first kappa shape index (κ1) is 21.7. The zero-order valence-corrected chi connectivity index (χ0v) is 18.8. The van der Waals surface area contributed by atoms with Crippen LogP contribution in [0.4, 0.5) is 5.69 Å². The van der Waals surface area contributed by atoms with Gasteiger partial charge in [-0.3, -0.25) is 9.36 Å². The molecular weight excluding hydrogens is 424 g/mol. The largest absolute Gasteiger partial charge is 0.494 e. The molecule has 0 unspecified atom stereocenters. The predicted octanol–water partition coefficient (Wildman–Crippen LogP) is 5.02. The lowest BCUT2D eigenvalue weighted by Crippen LogP contribution is -2.14. The van der Waals surface area contributed by atoms with Crippen LogP contribution in [0.25, 0.3) is 11.4 Å². The Kier molecular flexibility index (Phi) is 6.91. The van der Waals surface area contributed by atoms with Crippen molar-refractivity contribution in [3.05, 3.63) is 78.3 Å². The topological polar surface area (TPSA) is 82.2 Å². The van der Waals surface area contributed by atoms with Gasteiger partial charge in [0.25, 0.3) is 0 Å². The molecule has 0 aliphatic carbocycles. The summed E-state index contributed by atoms with van der Waals surface area (Å²) in [6, 6.07) is 19.2. The summed E-state index contributed by atoms with van der Waals surface area (Å²) in [7, 11) is 0. The van der Waals surface area contributed by atoms with Gasteiger partial charge < -0.3 is 14.5 Å². The molecule has 0 aliphatic rings. The van der Waals surface area contributed by atoms with Crippen molar-refractivity contribution in [3.8, 4) is 17.1 Å². The summed E-state index contributed by atoms with van der Waals surface area (Å²) in [5.74, 6) is 2.38. The van der Waals surface area contributed by atoms with Gasteiger partial charge in [0.05, 0.1) is 25.2 Å². The minimum Gasteiger partial charge on any atom is -0.494 e. The van der Waals surface area contributed by atoms with Gasteiger partial charge >= 0.3 is 0 Å². The number of nitrogens with zero attached hydrogens (tertiary/aromatic N) is 3. The van der Waals surface area contributed by atoms with E-state index in [-0.39, 0.29) is 11.7 Å². The van der Waals surface area contributed by atoms with E-state index in [1.54, 1.807) is 6.26 Å². The summed E-state index contributed by atoms with van der Waals surface area (Å²) in [5, 5.41) is 12.3. The van der Waals surface area contributed by atoms with Crippen molar-refractivity contribution >= 4 is 23.4 Å². The highest BCUT2D eigenvalue weighted by molar-refractivity contribution is 7.99. The van der Waals surface area contributed by atoms with Crippen molar-refractivity contribution in [2.45, 2.75) is 25.5 Å². The highest BCUT2D eigenvalue weighted by Crippen LogP contribution is 2.26. The Morgan fingerprint density at radius 1 is 1.09 bits per heavy atom. The maximum absolute atomic E-state index is 12.5. The van der Waals surface area contributed by atoms with Crippen molar-refractivity contribution in [2.75, 3.05) is 17.7 Å². The fourth-order valence-electron chi connectivity index (χ4n) is 3.14. The van der Waals surface area contributed by atoms with Crippen molar-refractivity contribution in [1.82, 2.24) is 14.8 Å². The van der Waals surface area contributed by atoms with Gasteiger partial charge in [-0.05, 0) is 50.2 Å². The average molecular weight is 449 g/mol. The van der Waals surface area contributed by atoms with E-state index in [0.717, 1.165) is 28.6 Å². The van der Waals surface area contributed by atoms with Crippen molar-refractivity contribution in [2.24, 2.45) is 0 Å². The van der Waals surface area contributed by atoms with Gasteiger partial charge in [-0.1, -0.05) is 41.6 Å². The summed E-state index contributed by atoms with van der Waals surface area (Å²) >= 11 is 1.34. The Labute approximate surface area is 190 Å². The minimum atomic E-state index is -0.122. The van der Waals surface area contributed by atoms with Crippen LogP contribution in [0.3, 0.4) is 0 Å². The molecule has 2 aromatic heterocycles. The second kappa shape index (κ2) is 10.2. The Hall–Kier alpha value is -3.52. The first-order valence-corrected chi connectivity index (χ1v) is 11.3. The molecule has 0 saturated carbocycles. The number of carbonyl (C=O) groups is 1. The number of hydrogen-bond donors (Lipinski definition) is 1. The second-order valence-corrected chi connectivity index (χ2v) is 8.07. The molecule has 32 heavy (non-hydrogen) atoms. The van der Waals surface area contributed by atoms with Crippen LogP contribution < -0.4 is 10.1 Å². The lowest BCUT2D eigenvalue weighted by atomic mass is 10.1. The molecule has 1 amide bonds. The number of hydrogen-bond acceptors (Lipinski definition) is 6. The molecule has 4 rings (SSSR count). The molecule has 0 atom stereocenters. The summed E-state index contributed by atoms with van der Waals surface area (Å²) < 4.78 is 12.9. The first-order valence-electron chi connectivity index (χ1n) is 10.3. The van der Waals surface area contributed by atoms with Crippen LogP contribution in [0.1, 0.15) is 18.2 Å². The summed E-state index contributed by atoms with van der Waals surface area (Å²) in [6.45, 7) is 5.06. The predicted molar refractivity (Wildman–Crippen MR) is 125 cm³/mol. The Balaban J connectivity index is 1.47. The van der Waals surface area contributed by atoms with Gasteiger partial charge in [-0.25, -0.2) is 0 Å². The molecule has 4 aromatic rings. The molecule has 1 N–H and O–H groups in total. The summed E-state index contributed by atoms with van der Waals surface area (Å²) in [4.78, 5) is 12.5. The van der Waals surface area contributed by atoms with Gasteiger partial charge in [0, 0.05) is 11.3 Å². The van der Waals surface area contributed by atoms with Crippen molar-refractivity contribution < 1.29 is 13.9 Å². The van der Waals surface area contributed by atoms with Crippen LogP contribution in [-0.2, 0) is 11.3 Å². The summed E-state index contributed by atoms with van der Waals surface area (Å²) in [6.07, 6.45) is 1.64. The lowest BCUT2D eigenvalue weighted by molar-refractivity contribution is -0.113. The molecule has 2 heterocycles. The van der Waals surface area contributed by atoms with E-state index in [9.17, 15) is 4.79 Å². The van der Waals surface area contributed by atoms with E-state index in [4.69, 9.17) is 9.15 Å². The molecule has 0 saturated heterocycles. The molecule has 2 aromatic carbocycles. The monoisotopic (exact) mass is 448 g/mol. The van der Waals surface area contributed by atoms with E-state index < -0.39 is 0 Å². The highest BCUT2D eigenvalue weighted by atomic mass is 32.2. The molecule has 0 fully saturated rings. The Morgan fingerprint density at radius 3 is 2.56 bits per heavy atom. The third-order valence-electron chi connectivity index (χ3n) is 4.70. The zero-order valence-electron chi connectivity index (χ0n) is 17.9. The number of amides is 1. The average Bonchev–Trinajstić information content (AvgIpc) is 3.45. The zero-order chi connectivity index (χ0) is 22.3. The number of rotatable bonds is 9. The Bertz CT molecular complexity index is 1150. The van der Waals surface area contributed by atoms with E-state index in [2.05, 4.69) is 15.5 Å². The molecule has 0 radical (unpaired) electrons. The second-order valence-electron chi connectivity index (χ2n) is 7.13. The minimum absolute atomic E-state index is 0.122. The lowest BCUT2D eigenvalue weighted by Gasteiger charge is -2.10. The third kappa shape index (κ3) is 5.39. The highest BCUT2D eigenvalue weighted by Gasteiger charge is 2.17. The smallest absolute Gasteiger partial charge is 0.234 e. The SMILES string of the molecule is CCOc1ccc(NC(=O)CSc2nnc(-c3ccc(C)cc3)n2Cc2ccco2)cc1. The number of thioether (sulfide) groups is 1. The van der Waals surface area contributed by atoms with Crippen LogP contribution >= 0.6 is 11.8 Å². The van der Waals surface area contributed by atoms with Gasteiger partial charge in [-0.2, -0.15) is 0 Å². The van der Waals surface area contributed by atoms with Crippen LogP contribution in [0.15, 0.2) is 76.5 Å². The molecule has 0 aliphatic heterocycles.